The molecule has 1 aliphatic heterocycles. The lowest BCUT2D eigenvalue weighted by molar-refractivity contribution is -0.138. The number of amides is 1. The first-order chi connectivity index (χ1) is 6.58. The van der Waals surface area contributed by atoms with Crippen LogP contribution in [0.15, 0.2) is 0 Å². The molecular formula is C9H19N3O2. The van der Waals surface area contributed by atoms with E-state index >= 15 is 0 Å². The maximum Gasteiger partial charge on any atom is 0.244 e. The van der Waals surface area contributed by atoms with Crippen molar-refractivity contribution >= 4 is 5.91 Å². The first-order valence-corrected chi connectivity index (χ1v) is 4.86. The lowest BCUT2D eigenvalue weighted by Crippen LogP contribution is -2.59. The summed E-state index contributed by atoms with van der Waals surface area (Å²) < 4.78 is 4.93. The third-order valence-electron chi connectivity index (χ3n) is 2.34. The molecule has 14 heavy (non-hydrogen) atoms. The number of ether oxygens (including phenoxy) is 1. The maximum atomic E-state index is 11.9. The second-order valence-corrected chi connectivity index (χ2v) is 3.89. The van der Waals surface area contributed by atoms with Gasteiger partial charge in [-0.3, -0.25) is 4.79 Å². The number of nitrogens with two attached hydrogens (primary N) is 1. The molecule has 1 atom stereocenters. The van der Waals surface area contributed by atoms with E-state index in [0.717, 1.165) is 26.2 Å². The van der Waals surface area contributed by atoms with Gasteiger partial charge in [-0.15, -0.1) is 0 Å². The van der Waals surface area contributed by atoms with Gasteiger partial charge in [0.2, 0.25) is 5.91 Å². The van der Waals surface area contributed by atoms with E-state index in [2.05, 4.69) is 5.32 Å². The van der Waals surface area contributed by atoms with Gasteiger partial charge in [-0.05, 0) is 6.92 Å². The zero-order valence-corrected chi connectivity index (χ0v) is 8.88. The van der Waals surface area contributed by atoms with E-state index in [1.807, 2.05) is 0 Å². The van der Waals surface area contributed by atoms with Gasteiger partial charge >= 0.3 is 0 Å². The number of nitrogens with one attached hydrogen (secondary N) is 1. The lowest BCUT2D eigenvalue weighted by atomic mass is 10.0. The topological polar surface area (TPSA) is 67.6 Å². The van der Waals surface area contributed by atoms with Gasteiger partial charge in [-0.1, -0.05) is 0 Å². The monoisotopic (exact) mass is 201 g/mol. The average Bonchev–Trinajstić information content (AvgIpc) is 2.18. The van der Waals surface area contributed by atoms with Crippen molar-refractivity contribution in [1.82, 2.24) is 10.2 Å². The third kappa shape index (κ3) is 2.67. The van der Waals surface area contributed by atoms with Crippen LogP contribution in [-0.4, -0.2) is 56.2 Å². The fourth-order valence-electron chi connectivity index (χ4n) is 1.59. The summed E-state index contributed by atoms with van der Waals surface area (Å²) >= 11 is 0. The van der Waals surface area contributed by atoms with Gasteiger partial charge in [-0.2, -0.15) is 0 Å². The first kappa shape index (κ1) is 11.4. The zero-order valence-electron chi connectivity index (χ0n) is 8.88. The van der Waals surface area contributed by atoms with Gasteiger partial charge in [0.15, 0.2) is 0 Å². The van der Waals surface area contributed by atoms with Crippen LogP contribution in [0.5, 0.6) is 0 Å². The Hall–Kier alpha value is -0.650. The molecule has 0 spiro atoms. The summed E-state index contributed by atoms with van der Waals surface area (Å²) in [6, 6.07) is 0. The van der Waals surface area contributed by atoms with Crippen LogP contribution in [0.25, 0.3) is 0 Å². The number of rotatable bonds is 3. The summed E-state index contributed by atoms with van der Waals surface area (Å²) in [7, 11) is 1.55. The number of carbonyl (C=O) groups excluding carboxylic acids is 1. The van der Waals surface area contributed by atoms with Crippen LogP contribution >= 0.6 is 0 Å². The fourth-order valence-corrected chi connectivity index (χ4v) is 1.59. The van der Waals surface area contributed by atoms with Crippen LogP contribution in [0.2, 0.25) is 0 Å². The second-order valence-electron chi connectivity index (χ2n) is 3.89. The molecule has 0 bridgehead atoms. The van der Waals surface area contributed by atoms with E-state index in [1.165, 1.54) is 0 Å². The van der Waals surface area contributed by atoms with Crippen LogP contribution in [-0.2, 0) is 9.53 Å². The minimum Gasteiger partial charge on any atom is -0.382 e. The Morgan fingerprint density at radius 1 is 1.57 bits per heavy atom. The van der Waals surface area contributed by atoms with Gasteiger partial charge < -0.3 is 20.7 Å². The lowest BCUT2D eigenvalue weighted by Gasteiger charge is -2.34. The van der Waals surface area contributed by atoms with Crippen LogP contribution in [0, 0.1) is 0 Å². The molecule has 1 fully saturated rings. The molecule has 0 aromatic rings. The predicted octanol–water partition coefficient (Wildman–Crippen LogP) is -1.22. The molecule has 0 saturated carbocycles. The Bertz CT molecular complexity index is 200. The summed E-state index contributed by atoms with van der Waals surface area (Å²) in [5, 5.41) is 3.19. The molecule has 0 radical (unpaired) electrons. The van der Waals surface area contributed by atoms with E-state index in [0.29, 0.717) is 0 Å². The summed E-state index contributed by atoms with van der Waals surface area (Å²) in [6.45, 7) is 5.12. The van der Waals surface area contributed by atoms with E-state index in [9.17, 15) is 4.79 Å². The SMILES string of the molecule is COCC(C)(N)C(=O)N1CCNCC1. The van der Waals surface area contributed by atoms with Crippen LogP contribution in [0.3, 0.4) is 0 Å². The molecular weight excluding hydrogens is 182 g/mol. The molecule has 5 nitrogen and oxygen atoms in total. The van der Waals surface area contributed by atoms with E-state index < -0.39 is 5.54 Å². The molecule has 0 aromatic heterocycles. The van der Waals surface area contributed by atoms with Crippen molar-refractivity contribution in [3.05, 3.63) is 0 Å². The number of piperazine rings is 1. The highest BCUT2D eigenvalue weighted by molar-refractivity contribution is 5.86. The molecule has 1 amide bonds. The standard InChI is InChI=1S/C9H19N3O2/c1-9(10,7-14-2)8(13)12-5-3-11-4-6-12/h11H,3-7,10H2,1-2H3. The van der Waals surface area contributed by atoms with Crippen molar-refractivity contribution in [2.45, 2.75) is 12.5 Å². The maximum absolute atomic E-state index is 11.9. The molecule has 3 N–H and O–H groups in total. The average molecular weight is 201 g/mol. The third-order valence-corrected chi connectivity index (χ3v) is 2.34. The first-order valence-electron chi connectivity index (χ1n) is 4.86. The molecule has 1 aliphatic rings. The van der Waals surface area contributed by atoms with E-state index in [4.69, 9.17) is 10.5 Å². The van der Waals surface area contributed by atoms with Crippen LogP contribution in [0.4, 0.5) is 0 Å². The second kappa shape index (κ2) is 4.72. The molecule has 0 aliphatic carbocycles. The summed E-state index contributed by atoms with van der Waals surface area (Å²) in [6.07, 6.45) is 0. The molecule has 82 valence electrons. The van der Waals surface area contributed by atoms with Gasteiger partial charge in [0, 0.05) is 33.3 Å². The minimum absolute atomic E-state index is 0.0270. The van der Waals surface area contributed by atoms with Crippen LogP contribution in [0.1, 0.15) is 6.92 Å². The number of hydrogen-bond acceptors (Lipinski definition) is 4. The van der Waals surface area contributed by atoms with Gasteiger partial charge in [0.05, 0.1) is 6.61 Å². The molecule has 1 saturated heterocycles. The van der Waals surface area contributed by atoms with Crippen molar-refractivity contribution < 1.29 is 9.53 Å². The molecule has 1 heterocycles. The highest BCUT2D eigenvalue weighted by Crippen LogP contribution is 2.07. The summed E-state index contributed by atoms with van der Waals surface area (Å²) in [5.41, 5.74) is 4.97. The zero-order chi connectivity index (χ0) is 10.6. The highest BCUT2D eigenvalue weighted by Gasteiger charge is 2.33. The quantitative estimate of drug-likeness (QED) is 0.601. The normalized spacial score (nSPS) is 21.8. The van der Waals surface area contributed by atoms with E-state index in [-0.39, 0.29) is 12.5 Å². The van der Waals surface area contributed by atoms with Gasteiger partial charge in [-0.25, -0.2) is 0 Å². The minimum atomic E-state index is -0.897. The fraction of sp³-hybridized carbons (Fsp3) is 0.889. The number of carbonyl (C=O) groups is 1. The Morgan fingerprint density at radius 2 is 2.14 bits per heavy atom. The molecule has 5 heteroatoms. The van der Waals surface area contributed by atoms with E-state index in [1.54, 1.807) is 18.9 Å². The number of hydrogen-bond donors (Lipinski definition) is 2. The molecule has 1 rings (SSSR count). The van der Waals surface area contributed by atoms with Crippen molar-refractivity contribution in [2.24, 2.45) is 5.73 Å². The molecule has 0 aromatic carbocycles. The van der Waals surface area contributed by atoms with Crippen LogP contribution < -0.4 is 11.1 Å². The van der Waals surface area contributed by atoms with Crippen molar-refractivity contribution in [1.29, 1.82) is 0 Å². The predicted molar refractivity (Wildman–Crippen MR) is 53.9 cm³/mol. The molecule has 1 unspecified atom stereocenters. The van der Waals surface area contributed by atoms with Crippen molar-refractivity contribution in [3.63, 3.8) is 0 Å². The Balaban J connectivity index is 2.53. The number of methoxy groups -OCH3 is 1. The Kier molecular flexibility index (Phi) is 3.86. The summed E-state index contributed by atoms with van der Waals surface area (Å²) in [5.74, 6) is -0.0270. The van der Waals surface area contributed by atoms with Gasteiger partial charge in [0.1, 0.15) is 5.54 Å². The number of nitrogens with zero attached hydrogens (tertiary/aromatic N) is 1. The highest BCUT2D eigenvalue weighted by atomic mass is 16.5. The largest absolute Gasteiger partial charge is 0.382 e. The van der Waals surface area contributed by atoms with Gasteiger partial charge in [0.25, 0.3) is 0 Å². The Morgan fingerprint density at radius 3 is 2.64 bits per heavy atom. The Labute approximate surface area is 84.6 Å². The van der Waals surface area contributed by atoms with Crippen molar-refractivity contribution in [3.8, 4) is 0 Å². The smallest absolute Gasteiger partial charge is 0.244 e. The summed E-state index contributed by atoms with van der Waals surface area (Å²) in [4.78, 5) is 13.7. The van der Waals surface area contributed by atoms with Crippen molar-refractivity contribution in [2.75, 3.05) is 39.9 Å².